The Balaban J connectivity index is 1.77. The van der Waals surface area contributed by atoms with Crippen molar-refractivity contribution in [3.63, 3.8) is 0 Å². The smallest absolute Gasteiger partial charge is 0.129 e. The number of aliphatic hydroxyl groups is 1. The van der Waals surface area contributed by atoms with Crippen LogP contribution in [0.15, 0.2) is 59.5 Å². The maximum Gasteiger partial charge on any atom is 0.129 e. The normalized spacial score (nSPS) is 10.7. The molecule has 2 N–H and O–H groups in total. The van der Waals surface area contributed by atoms with E-state index < -0.39 is 0 Å². The Kier molecular flexibility index (Phi) is 3.52. The lowest BCUT2D eigenvalue weighted by atomic mass is 10.2. The van der Waals surface area contributed by atoms with Crippen LogP contribution in [0.5, 0.6) is 0 Å². The van der Waals surface area contributed by atoms with Gasteiger partial charge in [-0.1, -0.05) is 12.1 Å². The molecule has 0 saturated heterocycles. The minimum absolute atomic E-state index is 0.0778. The summed E-state index contributed by atoms with van der Waals surface area (Å²) in [6.45, 7) is 0.483. The highest BCUT2D eigenvalue weighted by molar-refractivity contribution is 5.60. The molecular formula is C15H15N3O2. The fourth-order valence-electron chi connectivity index (χ4n) is 2.03. The van der Waals surface area contributed by atoms with E-state index in [2.05, 4.69) is 10.3 Å². The van der Waals surface area contributed by atoms with E-state index in [0.29, 0.717) is 12.3 Å². The molecule has 3 rings (SSSR count). The van der Waals surface area contributed by atoms with E-state index >= 15 is 0 Å². The molecule has 102 valence electrons. The predicted octanol–water partition coefficient (Wildman–Crippen LogP) is 2.57. The molecule has 0 atom stereocenters. The number of hydrogen-bond acceptors (Lipinski definition) is 4. The number of benzene rings is 1. The van der Waals surface area contributed by atoms with Crippen LogP contribution >= 0.6 is 0 Å². The number of nitrogens with one attached hydrogen (secondary N) is 1. The van der Waals surface area contributed by atoms with Crippen LogP contribution in [-0.4, -0.2) is 14.7 Å². The number of imidazole rings is 1. The Hall–Kier alpha value is -2.53. The van der Waals surface area contributed by atoms with E-state index in [-0.39, 0.29) is 6.61 Å². The van der Waals surface area contributed by atoms with Crippen LogP contribution in [0.1, 0.15) is 11.5 Å². The fraction of sp³-hybridized carbons (Fsp3) is 0.133. The molecule has 0 radical (unpaired) electrons. The van der Waals surface area contributed by atoms with Crippen molar-refractivity contribution < 1.29 is 9.52 Å². The highest BCUT2D eigenvalue weighted by Crippen LogP contribution is 2.20. The van der Waals surface area contributed by atoms with Gasteiger partial charge in [-0.15, -0.1) is 0 Å². The van der Waals surface area contributed by atoms with Crippen LogP contribution in [0.25, 0.3) is 5.69 Å². The van der Waals surface area contributed by atoms with Crippen LogP contribution in [-0.2, 0) is 13.2 Å². The number of hydrogen-bond donors (Lipinski definition) is 2. The first kappa shape index (κ1) is 12.5. The second-order valence-corrected chi connectivity index (χ2v) is 4.37. The molecule has 0 unspecified atom stereocenters. The Morgan fingerprint density at radius 2 is 2.00 bits per heavy atom. The van der Waals surface area contributed by atoms with Crippen LogP contribution in [0.2, 0.25) is 0 Å². The lowest BCUT2D eigenvalue weighted by Crippen LogP contribution is -2.02. The van der Waals surface area contributed by atoms with E-state index in [4.69, 9.17) is 9.52 Å². The Labute approximate surface area is 116 Å². The molecule has 2 heterocycles. The second-order valence-electron chi connectivity index (χ2n) is 4.37. The highest BCUT2D eigenvalue weighted by atomic mass is 16.4. The topological polar surface area (TPSA) is 63.2 Å². The number of rotatable bonds is 5. The number of aromatic nitrogens is 2. The average Bonchev–Trinajstić information content (AvgIpc) is 3.17. The SMILES string of the molecule is OCc1ccc(CNc2ccccc2-n2ccnc2)o1. The summed E-state index contributed by atoms with van der Waals surface area (Å²) in [7, 11) is 0. The fourth-order valence-corrected chi connectivity index (χ4v) is 2.03. The van der Waals surface area contributed by atoms with Gasteiger partial charge >= 0.3 is 0 Å². The van der Waals surface area contributed by atoms with E-state index in [1.54, 1.807) is 18.6 Å². The van der Waals surface area contributed by atoms with Crippen LogP contribution < -0.4 is 5.32 Å². The molecule has 0 bridgehead atoms. The first-order valence-electron chi connectivity index (χ1n) is 6.36. The second kappa shape index (κ2) is 5.63. The summed E-state index contributed by atoms with van der Waals surface area (Å²) in [5.41, 5.74) is 2.02. The summed E-state index contributed by atoms with van der Waals surface area (Å²) in [6.07, 6.45) is 5.41. The van der Waals surface area contributed by atoms with E-state index in [9.17, 15) is 0 Å². The zero-order valence-electron chi connectivity index (χ0n) is 10.9. The Morgan fingerprint density at radius 1 is 1.15 bits per heavy atom. The predicted molar refractivity (Wildman–Crippen MR) is 75.5 cm³/mol. The minimum atomic E-state index is -0.0778. The summed E-state index contributed by atoms with van der Waals surface area (Å²) in [6, 6.07) is 11.6. The van der Waals surface area contributed by atoms with Gasteiger partial charge in [0.25, 0.3) is 0 Å². The first-order chi connectivity index (χ1) is 9.86. The first-order valence-corrected chi connectivity index (χ1v) is 6.36. The number of anilines is 1. The zero-order chi connectivity index (χ0) is 13.8. The van der Waals surface area contributed by atoms with E-state index in [1.807, 2.05) is 41.1 Å². The Morgan fingerprint density at radius 3 is 2.75 bits per heavy atom. The molecule has 0 spiro atoms. The number of nitrogens with zero attached hydrogens (tertiary/aromatic N) is 2. The van der Waals surface area contributed by atoms with Gasteiger partial charge in [0, 0.05) is 12.4 Å². The lowest BCUT2D eigenvalue weighted by Gasteiger charge is -2.11. The van der Waals surface area contributed by atoms with Crippen molar-refractivity contribution >= 4 is 5.69 Å². The molecule has 5 heteroatoms. The molecule has 0 amide bonds. The monoisotopic (exact) mass is 269 g/mol. The molecule has 0 saturated carbocycles. The van der Waals surface area contributed by atoms with Crippen molar-refractivity contribution in [2.45, 2.75) is 13.2 Å². The van der Waals surface area contributed by atoms with Gasteiger partial charge < -0.3 is 19.4 Å². The van der Waals surface area contributed by atoms with Crippen molar-refractivity contribution in [1.29, 1.82) is 0 Å². The summed E-state index contributed by atoms with van der Waals surface area (Å²) in [4.78, 5) is 4.06. The standard InChI is InChI=1S/C15H15N3O2/c19-10-13-6-5-12(20-13)9-17-14-3-1-2-4-15(14)18-8-7-16-11-18/h1-8,11,17,19H,9-10H2. The third kappa shape index (κ3) is 2.57. The summed E-state index contributed by atoms with van der Waals surface area (Å²) < 4.78 is 7.40. The molecular weight excluding hydrogens is 254 g/mol. The van der Waals surface area contributed by atoms with Gasteiger partial charge in [0.05, 0.1) is 24.2 Å². The third-order valence-electron chi connectivity index (χ3n) is 3.01. The minimum Gasteiger partial charge on any atom is -0.462 e. The van der Waals surface area contributed by atoms with Gasteiger partial charge in [0.2, 0.25) is 0 Å². The van der Waals surface area contributed by atoms with E-state index in [1.165, 1.54) is 0 Å². The van der Waals surface area contributed by atoms with Crippen molar-refractivity contribution in [3.8, 4) is 5.69 Å². The largest absolute Gasteiger partial charge is 0.462 e. The maximum atomic E-state index is 8.98. The van der Waals surface area contributed by atoms with E-state index in [0.717, 1.165) is 17.1 Å². The zero-order valence-corrected chi connectivity index (χ0v) is 10.9. The molecule has 1 aromatic carbocycles. The summed E-state index contributed by atoms with van der Waals surface area (Å²) >= 11 is 0. The molecule has 5 nitrogen and oxygen atoms in total. The van der Waals surface area contributed by atoms with Gasteiger partial charge in [-0.2, -0.15) is 0 Å². The molecule has 0 aliphatic rings. The van der Waals surface area contributed by atoms with Gasteiger partial charge in [-0.05, 0) is 24.3 Å². The van der Waals surface area contributed by atoms with Crippen molar-refractivity contribution in [2.75, 3.05) is 5.32 Å². The number of furan rings is 1. The highest BCUT2D eigenvalue weighted by Gasteiger charge is 2.05. The number of para-hydroxylation sites is 2. The summed E-state index contributed by atoms with van der Waals surface area (Å²) in [5.74, 6) is 1.36. The van der Waals surface area contributed by atoms with Crippen molar-refractivity contribution in [2.24, 2.45) is 0 Å². The maximum absolute atomic E-state index is 8.98. The third-order valence-corrected chi connectivity index (χ3v) is 3.01. The molecule has 0 aliphatic heterocycles. The van der Waals surface area contributed by atoms with Gasteiger partial charge in [0.15, 0.2) is 0 Å². The van der Waals surface area contributed by atoms with Crippen LogP contribution in [0.4, 0.5) is 5.69 Å². The van der Waals surface area contributed by atoms with Crippen molar-refractivity contribution in [1.82, 2.24) is 9.55 Å². The molecule has 2 aromatic heterocycles. The van der Waals surface area contributed by atoms with Crippen LogP contribution in [0, 0.1) is 0 Å². The molecule has 20 heavy (non-hydrogen) atoms. The summed E-state index contributed by atoms with van der Waals surface area (Å²) in [5, 5.41) is 12.3. The molecule has 0 aliphatic carbocycles. The molecule has 3 aromatic rings. The van der Waals surface area contributed by atoms with Crippen LogP contribution in [0.3, 0.4) is 0 Å². The average molecular weight is 269 g/mol. The molecule has 0 fully saturated rings. The van der Waals surface area contributed by atoms with Crippen molar-refractivity contribution in [3.05, 3.63) is 66.6 Å². The number of aliphatic hydroxyl groups excluding tert-OH is 1. The Bertz CT molecular complexity index is 674. The lowest BCUT2D eigenvalue weighted by molar-refractivity contribution is 0.244. The van der Waals surface area contributed by atoms with Gasteiger partial charge in [-0.25, -0.2) is 4.98 Å². The van der Waals surface area contributed by atoms with Gasteiger partial charge in [-0.3, -0.25) is 0 Å². The van der Waals surface area contributed by atoms with Gasteiger partial charge in [0.1, 0.15) is 18.1 Å². The quantitative estimate of drug-likeness (QED) is 0.747.